The predicted octanol–water partition coefficient (Wildman–Crippen LogP) is 2.18. The molecule has 21 heavy (non-hydrogen) atoms. The lowest BCUT2D eigenvalue weighted by Gasteiger charge is -2.15. The molecule has 5 nitrogen and oxygen atoms in total. The maximum absolute atomic E-state index is 11.9. The molecule has 1 aromatic rings. The molecule has 1 saturated heterocycles. The van der Waals surface area contributed by atoms with Gasteiger partial charge in [0.05, 0.1) is 18.3 Å². The first-order chi connectivity index (χ1) is 10.1. The number of para-hydroxylation sites is 2. The summed E-state index contributed by atoms with van der Waals surface area (Å²) in [5, 5.41) is 5.96. The van der Waals surface area contributed by atoms with E-state index in [0.717, 1.165) is 19.4 Å². The van der Waals surface area contributed by atoms with Gasteiger partial charge in [0, 0.05) is 12.6 Å². The van der Waals surface area contributed by atoms with Crippen LogP contribution in [-0.2, 0) is 9.53 Å². The zero-order valence-electron chi connectivity index (χ0n) is 12.7. The van der Waals surface area contributed by atoms with E-state index in [2.05, 4.69) is 10.6 Å². The second-order valence-corrected chi connectivity index (χ2v) is 5.53. The number of carbonyl (C=O) groups excluding carboxylic acids is 1. The molecule has 2 rings (SSSR count). The van der Waals surface area contributed by atoms with Crippen molar-refractivity contribution in [1.82, 2.24) is 5.32 Å². The molecule has 1 fully saturated rings. The fourth-order valence-electron chi connectivity index (χ4n) is 2.15. The highest BCUT2D eigenvalue weighted by Crippen LogP contribution is 2.24. The minimum absolute atomic E-state index is 0.0723. The fourth-order valence-corrected chi connectivity index (χ4v) is 2.15. The number of anilines is 1. The summed E-state index contributed by atoms with van der Waals surface area (Å²) in [6.07, 6.45) is 2.29. The lowest BCUT2D eigenvalue weighted by Crippen LogP contribution is -2.32. The van der Waals surface area contributed by atoms with Crippen LogP contribution in [0, 0.1) is 0 Å². The van der Waals surface area contributed by atoms with Gasteiger partial charge < -0.3 is 20.1 Å². The molecule has 1 amide bonds. The highest BCUT2D eigenvalue weighted by Gasteiger charge is 2.17. The standard InChI is InChI=1S/C16H24N2O3/c1-12(2)17-10-16(19)18-14-7-3-4-8-15(14)21-11-13-6-5-9-20-13/h3-4,7-8,12-13,17H,5-6,9-11H2,1-2H3,(H,18,19). The highest BCUT2D eigenvalue weighted by atomic mass is 16.5. The maximum atomic E-state index is 11.9. The van der Waals surface area contributed by atoms with Crippen molar-refractivity contribution in [1.29, 1.82) is 0 Å². The Kier molecular flexibility index (Phi) is 6.02. The van der Waals surface area contributed by atoms with Crippen molar-refractivity contribution in [3.8, 4) is 5.75 Å². The Labute approximate surface area is 126 Å². The molecule has 0 aromatic heterocycles. The van der Waals surface area contributed by atoms with Crippen molar-refractivity contribution >= 4 is 11.6 Å². The minimum atomic E-state index is -0.0723. The van der Waals surface area contributed by atoms with Gasteiger partial charge in [0.15, 0.2) is 0 Å². The van der Waals surface area contributed by atoms with Crippen LogP contribution in [-0.4, -0.2) is 37.8 Å². The normalized spacial score (nSPS) is 18.0. The average molecular weight is 292 g/mol. The molecule has 2 N–H and O–H groups in total. The summed E-state index contributed by atoms with van der Waals surface area (Å²) in [5.74, 6) is 0.614. The molecule has 0 radical (unpaired) electrons. The number of rotatable bonds is 7. The average Bonchev–Trinajstić information content (AvgIpc) is 2.97. The van der Waals surface area contributed by atoms with Crippen molar-refractivity contribution in [3.05, 3.63) is 24.3 Å². The van der Waals surface area contributed by atoms with Crippen molar-refractivity contribution in [3.63, 3.8) is 0 Å². The van der Waals surface area contributed by atoms with Crippen LogP contribution in [0.15, 0.2) is 24.3 Å². The Bertz CT molecular complexity index is 457. The van der Waals surface area contributed by atoms with Crippen molar-refractivity contribution in [2.24, 2.45) is 0 Å². The first kappa shape index (κ1) is 15.8. The van der Waals surface area contributed by atoms with Gasteiger partial charge in [-0.25, -0.2) is 0 Å². The summed E-state index contributed by atoms with van der Waals surface area (Å²) in [6, 6.07) is 7.76. The second kappa shape index (κ2) is 8.00. The van der Waals surface area contributed by atoms with E-state index >= 15 is 0 Å². The number of carbonyl (C=O) groups is 1. The lowest BCUT2D eigenvalue weighted by molar-refractivity contribution is -0.115. The Morgan fingerprint density at radius 3 is 2.95 bits per heavy atom. The Balaban J connectivity index is 1.88. The Hall–Kier alpha value is -1.59. The van der Waals surface area contributed by atoms with Gasteiger partial charge >= 0.3 is 0 Å². The number of benzene rings is 1. The monoisotopic (exact) mass is 292 g/mol. The molecular weight excluding hydrogens is 268 g/mol. The van der Waals surface area contributed by atoms with E-state index in [4.69, 9.17) is 9.47 Å². The summed E-state index contributed by atoms with van der Waals surface area (Å²) in [5.41, 5.74) is 0.700. The van der Waals surface area contributed by atoms with E-state index in [1.807, 2.05) is 38.1 Å². The molecule has 116 valence electrons. The van der Waals surface area contributed by atoms with Gasteiger partial charge in [-0.1, -0.05) is 26.0 Å². The molecule has 0 saturated carbocycles. The number of hydrogen-bond donors (Lipinski definition) is 2. The van der Waals surface area contributed by atoms with Crippen LogP contribution >= 0.6 is 0 Å². The Morgan fingerprint density at radius 1 is 1.43 bits per heavy atom. The predicted molar refractivity (Wildman–Crippen MR) is 82.7 cm³/mol. The van der Waals surface area contributed by atoms with Crippen LogP contribution in [0.5, 0.6) is 5.75 Å². The fraction of sp³-hybridized carbons (Fsp3) is 0.562. The van der Waals surface area contributed by atoms with Crippen LogP contribution in [0.25, 0.3) is 0 Å². The zero-order valence-corrected chi connectivity index (χ0v) is 12.7. The van der Waals surface area contributed by atoms with Crippen LogP contribution in [0.2, 0.25) is 0 Å². The Morgan fingerprint density at radius 2 is 2.24 bits per heavy atom. The molecule has 1 atom stereocenters. The van der Waals surface area contributed by atoms with E-state index in [1.54, 1.807) is 0 Å². The van der Waals surface area contributed by atoms with Crippen LogP contribution in [0.3, 0.4) is 0 Å². The van der Waals surface area contributed by atoms with Gasteiger partial charge in [-0.05, 0) is 25.0 Å². The second-order valence-electron chi connectivity index (χ2n) is 5.53. The van der Waals surface area contributed by atoms with Gasteiger partial charge in [0.1, 0.15) is 12.4 Å². The molecule has 5 heteroatoms. The number of hydrogen-bond acceptors (Lipinski definition) is 4. The van der Waals surface area contributed by atoms with Gasteiger partial charge in [-0.3, -0.25) is 4.79 Å². The van der Waals surface area contributed by atoms with Crippen molar-refractivity contribution in [2.75, 3.05) is 25.1 Å². The van der Waals surface area contributed by atoms with E-state index in [9.17, 15) is 4.79 Å². The van der Waals surface area contributed by atoms with Gasteiger partial charge in [-0.15, -0.1) is 0 Å². The smallest absolute Gasteiger partial charge is 0.238 e. The zero-order chi connectivity index (χ0) is 15.1. The molecule has 0 bridgehead atoms. The SMILES string of the molecule is CC(C)NCC(=O)Nc1ccccc1OCC1CCCO1. The third kappa shape index (κ3) is 5.36. The molecule has 1 unspecified atom stereocenters. The van der Waals surface area contributed by atoms with Crippen LogP contribution < -0.4 is 15.4 Å². The third-order valence-corrected chi connectivity index (χ3v) is 3.28. The lowest BCUT2D eigenvalue weighted by atomic mass is 10.2. The first-order valence-corrected chi connectivity index (χ1v) is 7.52. The van der Waals surface area contributed by atoms with Crippen LogP contribution in [0.1, 0.15) is 26.7 Å². The highest BCUT2D eigenvalue weighted by molar-refractivity contribution is 5.93. The molecular formula is C16H24N2O3. The summed E-state index contributed by atoms with van der Waals surface area (Å²) in [4.78, 5) is 11.9. The number of amides is 1. The topological polar surface area (TPSA) is 59.6 Å². The first-order valence-electron chi connectivity index (χ1n) is 7.52. The number of ether oxygens (including phenoxy) is 2. The molecule has 0 aliphatic carbocycles. The third-order valence-electron chi connectivity index (χ3n) is 3.28. The van der Waals surface area contributed by atoms with Gasteiger partial charge in [-0.2, -0.15) is 0 Å². The molecule has 1 aromatic carbocycles. The van der Waals surface area contributed by atoms with E-state index in [-0.39, 0.29) is 24.6 Å². The largest absolute Gasteiger partial charge is 0.489 e. The van der Waals surface area contributed by atoms with Crippen LogP contribution in [0.4, 0.5) is 5.69 Å². The molecule has 1 heterocycles. The molecule has 1 aliphatic heterocycles. The summed E-state index contributed by atoms with van der Waals surface area (Å²) >= 11 is 0. The summed E-state index contributed by atoms with van der Waals surface area (Å²) in [6.45, 7) is 5.64. The number of nitrogens with one attached hydrogen (secondary N) is 2. The van der Waals surface area contributed by atoms with E-state index in [1.165, 1.54) is 0 Å². The van der Waals surface area contributed by atoms with E-state index in [0.29, 0.717) is 18.0 Å². The van der Waals surface area contributed by atoms with Crippen molar-refractivity contribution < 1.29 is 14.3 Å². The molecule has 0 spiro atoms. The summed E-state index contributed by atoms with van der Waals surface area (Å²) < 4.78 is 11.3. The van der Waals surface area contributed by atoms with Gasteiger partial charge in [0.25, 0.3) is 0 Å². The van der Waals surface area contributed by atoms with Crippen molar-refractivity contribution in [2.45, 2.75) is 38.8 Å². The van der Waals surface area contributed by atoms with Gasteiger partial charge in [0.2, 0.25) is 5.91 Å². The summed E-state index contributed by atoms with van der Waals surface area (Å²) in [7, 11) is 0. The minimum Gasteiger partial charge on any atom is -0.489 e. The molecule has 1 aliphatic rings. The quantitative estimate of drug-likeness (QED) is 0.808. The van der Waals surface area contributed by atoms with E-state index < -0.39 is 0 Å². The maximum Gasteiger partial charge on any atom is 0.238 e.